The van der Waals surface area contributed by atoms with Crippen molar-refractivity contribution in [3.8, 4) is 0 Å². The van der Waals surface area contributed by atoms with Crippen LogP contribution in [0, 0.1) is 6.92 Å². The van der Waals surface area contributed by atoms with E-state index in [0.29, 0.717) is 11.3 Å². The number of aromatic nitrogens is 1. The number of benzene rings is 4. The molecule has 1 amide bonds. The minimum atomic E-state index is -4.21. The summed E-state index contributed by atoms with van der Waals surface area (Å²) in [6.07, 6.45) is 3.91. The van der Waals surface area contributed by atoms with Crippen molar-refractivity contribution in [2.75, 3.05) is 0 Å². The molecule has 0 fully saturated rings. The van der Waals surface area contributed by atoms with E-state index >= 15 is 0 Å². The molecule has 4 aromatic carbocycles. The number of carbonyl (C=O) groups is 1. The molecule has 2 atom stereocenters. The lowest BCUT2D eigenvalue weighted by Gasteiger charge is -2.37. The lowest BCUT2D eigenvalue weighted by Crippen LogP contribution is -2.43. The Hall–Kier alpha value is -4.42. The van der Waals surface area contributed by atoms with Gasteiger partial charge in [-0.05, 0) is 41.8 Å². The first-order valence-electron chi connectivity index (χ1n) is 12.9. The van der Waals surface area contributed by atoms with Crippen molar-refractivity contribution in [3.05, 3.63) is 144 Å². The minimum absolute atomic E-state index is 0.0816. The third-order valence-electron chi connectivity index (χ3n) is 7.46. The van der Waals surface area contributed by atoms with E-state index < -0.39 is 21.8 Å². The largest absolute Gasteiger partial charge is 0.350 e. The zero-order valence-corrected chi connectivity index (χ0v) is 22.5. The second-order valence-electron chi connectivity index (χ2n) is 9.97. The highest BCUT2D eigenvalue weighted by atomic mass is 32.2. The predicted octanol–water partition coefficient (Wildman–Crippen LogP) is 6.63. The Morgan fingerprint density at radius 2 is 1.36 bits per heavy atom. The van der Waals surface area contributed by atoms with Gasteiger partial charge in [-0.25, -0.2) is 12.7 Å². The fourth-order valence-electron chi connectivity index (χ4n) is 5.53. The molecule has 5 nitrogen and oxygen atoms in total. The summed E-state index contributed by atoms with van der Waals surface area (Å²) in [5.74, 6) is -1.59. The molecule has 0 radical (unpaired) electrons. The molecule has 0 saturated heterocycles. The maximum absolute atomic E-state index is 14.7. The average Bonchev–Trinajstić information content (AvgIpc) is 3.29. The van der Waals surface area contributed by atoms with Crippen molar-refractivity contribution in [1.29, 1.82) is 0 Å². The molecule has 1 aliphatic heterocycles. The summed E-state index contributed by atoms with van der Waals surface area (Å²) in [5, 5.41) is 0.934. The number of rotatable bonds is 5. The van der Waals surface area contributed by atoms with Gasteiger partial charge in [-0.15, -0.1) is 0 Å². The minimum Gasteiger partial charge on any atom is -0.350 e. The Morgan fingerprint density at radius 3 is 2.05 bits per heavy atom. The maximum Gasteiger partial charge on any atom is 0.270 e. The van der Waals surface area contributed by atoms with E-state index in [-0.39, 0.29) is 10.8 Å². The van der Waals surface area contributed by atoms with Gasteiger partial charge >= 0.3 is 0 Å². The molecule has 0 unspecified atom stereocenters. The number of para-hydroxylation sites is 1. The standard InChI is InChI=1S/C33H28N2O3S/c1-23-17-19-26(20-18-23)39(37,38)35-31(25-13-7-4-8-14-25)21-28(24-11-5-3-6-12-24)32(33(35)36)29-22-34(2)30-16-10-9-15-27(29)30/h3-22,28,32H,1-2H3/t28-,32+/m0/s1. The molecule has 0 aliphatic carbocycles. The summed E-state index contributed by atoms with van der Waals surface area (Å²) < 4.78 is 31.5. The Morgan fingerprint density at radius 1 is 0.744 bits per heavy atom. The van der Waals surface area contributed by atoms with Crippen molar-refractivity contribution in [3.63, 3.8) is 0 Å². The Balaban J connectivity index is 1.64. The van der Waals surface area contributed by atoms with Gasteiger partial charge in [0.05, 0.1) is 16.5 Å². The molecule has 2 heterocycles. The van der Waals surface area contributed by atoms with Gasteiger partial charge in [-0.3, -0.25) is 4.79 Å². The van der Waals surface area contributed by atoms with E-state index in [0.717, 1.165) is 31.9 Å². The van der Waals surface area contributed by atoms with E-state index in [1.54, 1.807) is 24.3 Å². The Kier molecular flexibility index (Phi) is 6.20. The fourth-order valence-corrected chi connectivity index (χ4v) is 7.00. The number of amides is 1. The average molecular weight is 533 g/mol. The Bertz CT molecular complexity index is 1810. The number of nitrogens with zero attached hydrogens (tertiary/aromatic N) is 2. The van der Waals surface area contributed by atoms with Crippen LogP contribution in [0.5, 0.6) is 0 Å². The van der Waals surface area contributed by atoms with Crippen LogP contribution in [0.2, 0.25) is 0 Å². The highest BCUT2D eigenvalue weighted by Crippen LogP contribution is 2.47. The van der Waals surface area contributed by atoms with Gasteiger partial charge in [-0.1, -0.05) is 103 Å². The number of aryl methyl sites for hydroxylation is 2. The summed E-state index contributed by atoms with van der Waals surface area (Å²) >= 11 is 0. The predicted molar refractivity (Wildman–Crippen MR) is 154 cm³/mol. The number of sulfonamides is 1. The quantitative estimate of drug-likeness (QED) is 0.255. The van der Waals surface area contributed by atoms with Crippen LogP contribution >= 0.6 is 0 Å². The number of fused-ring (bicyclic) bond motifs is 1. The van der Waals surface area contributed by atoms with Gasteiger partial charge in [0.25, 0.3) is 10.0 Å². The van der Waals surface area contributed by atoms with Crippen LogP contribution in [-0.2, 0) is 21.9 Å². The number of hydrogen-bond donors (Lipinski definition) is 0. The van der Waals surface area contributed by atoms with Crippen molar-refractivity contribution in [2.45, 2.75) is 23.7 Å². The molecule has 194 valence electrons. The first-order valence-corrected chi connectivity index (χ1v) is 14.3. The van der Waals surface area contributed by atoms with Crippen molar-refractivity contribution in [1.82, 2.24) is 8.87 Å². The van der Waals surface area contributed by atoms with Crippen LogP contribution in [0.3, 0.4) is 0 Å². The van der Waals surface area contributed by atoms with Gasteiger partial charge < -0.3 is 4.57 Å². The lowest BCUT2D eigenvalue weighted by atomic mass is 9.77. The van der Waals surface area contributed by atoms with Crippen LogP contribution in [0.15, 0.2) is 126 Å². The molecule has 1 aliphatic rings. The zero-order valence-electron chi connectivity index (χ0n) is 21.7. The number of allylic oxidation sites excluding steroid dienone is 1. The third-order valence-corrected chi connectivity index (χ3v) is 9.18. The molecule has 39 heavy (non-hydrogen) atoms. The molecule has 1 aromatic heterocycles. The smallest absolute Gasteiger partial charge is 0.270 e. The molecule has 0 bridgehead atoms. The van der Waals surface area contributed by atoms with Gasteiger partial charge in [0.1, 0.15) is 0 Å². The molecule has 6 heteroatoms. The molecular formula is C33H28N2O3S. The zero-order chi connectivity index (χ0) is 27.1. The van der Waals surface area contributed by atoms with Gasteiger partial charge in [-0.2, -0.15) is 0 Å². The van der Waals surface area contributed by atoms with Crippen LogP contribution in [0.25, 0.3) is 16.6 Å². The SMILES string of the molecule is Cc1ccc(S(=O)(=O)N2C(=O)[C@@H](c3cn(C)c4ccccc34)[C@H](c3ccccc3)C=C2c2ccccc2)cc1. The van der Waals surface area contributed by atoms with E-state index in [1.165, 1.54) is 0 Å². The van der Waals surface area contributed by atoms with Crippen LogP contribution in [0.1, 0.15) is 34.1 Å². The maximum atomic E-state index is 14.7. The third kappa shape index (κ3) is 4.27. The molecule has 6 rings (SSSR count). The highest BCUT2D eigenvalue weighted by molar-refractivity contribution is 7.90. The van der Waals surface area contributed by atoms with Crippen molar-refractivity contribution >= 4 is 32.5 Å². The lowest BCUT2D eigenvalue weighted by molar-refractivity contribution is -0.126. The van der Waals surface area contributed by atoms with Crippen molar-refractivity contribution < 1.29 is 13.2 Å². The van der Waals surface area contributed by atoms with Crippen LogP contribution in [0.4, 0.5) is 0 Å². The number of carbonyl (C=O) groups excluding carboxylic acids is 1. The fraction of sp³-hybridized carbons (Fsp3) is 0.121. The van der Waals surface area contributed by atoms with Crippen molar-refractivity contribution in [2.24, 2.45) is 7.05 Å². The molecule has 0 saturated carbocycles. The normalized spacial score (nSPS) is 17.8. The molecule has 0 spiro atoms. The first-order chi connectivity index (χ1) is 18.9. The van der Waals surface area contributed by atoms with Gasteiger partial charge in [0, 0.05) is 30.1 Å². The molecule has 5 aromatic rings. The number of hydrogen-bond acceptors (Lipinski definition) is 3. The van der Waals surface area contributed by atoms with Gasteiger partial charge in [0.2, 0.25) is 5.91 Å². The van der Waals surface area contributed by atoms with E-state index in [2.05, 4.69) is 0 Å². The summed E-state index contributed by atoms with van der Waals surface area (Å²) in [6, 6.07) is 33.7. The highest BCUT2D eigenvalue weighted by Gasteiger charge is 2.45. The van der Waals surface area contributed by atoms with E-state index in [4.69, 9.17) is 0 Å². The monoisotopic (exact) mass is 532 g/mol. The molecular weight excluding hydrogens is 504 g/mol. The van der Waals surface area contributed by atoms with E-state index in [9.17, 15) is 13.2 Å². The summed E-state index contributed by atoms with van der Waals surface area (Å²) in [6.45, 7) is 1.90. The van der Waals surface area contributed by atoms with Crippen LogP contribution in [-0.4, -0.2) is 23.2 Å². The topological polar surface area (TPSA) is 59.4 Å². The van der Waals surface area contributed by atoms with Crippen LogP contribution < -0.4 is 0 Å². The summed E-state index contributed by atoms with van der Waals surface area (Å²) in [5.41, 5.74) is 4.71. The first kappa shape index (κ1) is 24.9. The second kappa shape index (κ2) is 9.71. The summed E-state index contributed by atoms with van der Waals surface area (Å²) in [7, 11) is -2.26. The Labute approximate surface area is 228 Å². The van der Waals surface area contributed by atoms with E-state index in [1.807, 2.05) is 116 Å². The summed E-state index contributed by atoms with van der Waals surface area (Å²) in [4.78, 5) is 14.8. The second-order valence-corrected chi connectivity index (χ2v) is 11.8. The van der Waals surface area contributed by atoms with Gasteiger partial charge in [0.15, 0.2) is 0 Å². The molecule has 0 N–H and O–H groups in total.